The van der Waals surface area contributed by atoms with Gasteiger partial charge in [-0.25, -0.2) is 0 Å². The molecule has 1 saturated heterocycles. The summed E-state index contributed by atoms with van der Waals surface area (Å²) in [6, 6.07) is 0. The molecule has 1 aliphatic rings. The summed E-state index contributed by atoms with van der Waals surface area (Å²) in [5.74, 6) is 1.84. The predicted octanol–water partition coefficient (Wildman–Crippen LogP) is 3.79. The number of piperidine rings is 1. The van der Waals surface area contributed by atoms with Crippen LogP contribution in [0.2, 0.25) is 0 Å². The average Bonchev–Trinajstić information content (AvgIpc) is 2.22. The summed E-state index contributed by atoms with van der Waals surface area (Å²) >= 11 is 0. The molecule has 1 atom stereocenters. The Balaban J connectivity index is 0.000000791. The Bertz CT molecular complexity index is 118. The van der Waals surface area contributed by atoms with Crippen LogP contribution in [0.1, 0.15) is 53.9 Å². The van der Waals surface area contributed by atoms with E-state index in [0.29, 0.717) is 0 Å². The average molecular weight is 199 g/mol. The lowest BCUT2D eigenvalue weighted by atomic mass is 9.88. The lowest BCUT2D eigenvalue weighted by Gasteiger charge is -2.34. The molecular formula is C13H29N. The molecule has 0 amide bonds. The van der Waals surface area contributed by atoms with Crippen LogP contribution in [-0.4, -0.2) is 24.5 Å². The van der Waals surface area contributed by atoms with Gasteiger partial charge in [-0.1, -0.05) is 34.6 Å². The first-order chi connectivity index (χ1) is 6.74. The van der Waals surface area contributed by atoms with Crippen LogP contribution in [0.5, 0.6) is 0 Å². The summed E-state index contributed by atoms with van der Waals surface area (Å²) in [4.78, 5) is 2.63. The van der Waals surface area contributed by atoms with E-state index >= 15 is 0 Å². The molecule has 0 N–H and O–H groups in total. The zero-order valence-corrected chi connectivity index (χ0v) is 10.8. The minimum absolute atomic E-state index is 0.879. The van der Waals surface area contributed by atoms with Gasteiger partial charge >= 0.3 is 0 Å². The summed E-state index contributed by atoms with van der Waals surface area (Å²) in [7, 11) is 0. The van der Waals surface area contributed by atoms with E-state index in [1.807, 2.05) is 13.8 Å². The van der Waals surface area contributed by atoms with Crippen LogP contribution in [0.3, 0.4) is 0 Å². The molecule has 0 aromatic carbocycles. The fourth-order valence-electron chi connectivity index (χ4n) is 2.15. The highest BCUT2D eigenvalue weighted by Gasteiger charge is 2.21. The fourth-order valence-corrected chi connectivity index (χ4v) is 2.15. The van der Waals surface area contributed by atoms with Gasteiger partial charge in [-0.3, -0.25) is 0 Å². The summed E-state index contributed by atoms with van der Waals surface area (Å²) in [6.07, 6.45) is 4.19. The molecule has 0 aromatic rings. The van der Waals surface area contributed by atoms with Gasteiger partial charge in [0.05, 0.1) is 0 Å². The van der Waals surface area contributed by atoms with Crippen LogP contribution >= 0.6 is 0 Å². The number of nitrogens with zero attached hydrogens (tertiary/aromatic N) is 1. The van der Waals surface area contributed by atoms with Crippen molar-refractivity contribution in [3.8, 4) is 0 Å². The first-order valence-corrected chi connectivity index (χ1v) is 6.46. The minimum Gasteiger partial charge on any atom is -0.303 e. The van der Waals surface area contributed by atoms with E-state index in [0.717, 1.165) is 11.8 Å². The van der Waals surface area contributed by atoms with Crippen molar-refractivity contribution in [1.82, 2.24) is 4.90 Å². The van der Waals surface area contributed by atoms with Crippen LogP contribution in [0.4, 0.5) is 0 Å². The van der Waals surface area contributed by atoms with Gasteiger partial charge in [-0.2, -0.15) is 0 Å². The van der Waals surface area contributed by atoms with Crippen molar-refractivity contribution in [3.05, 3.63) is 0 Å². The number of likely N-dealkylation sites (tertiary alicyclic amines) is 1. The van der Waals surface area contributed by atoms with Crippen LogP contribution in [-0.2, 0) is 0 Å². The molecule has 1 rings (SSSR count). The first-order valence-electron chi connectivity index (χ1n) is 6.46. The minimum atomic E-state index is 0.879. The van der Waals surface area contributed by atoms with Crippen molar-refractivity contribution in [2.75, 3.05) is 19.6 Å². The van der Waals surface area contributed by atoms with E-state index in [2.05, 4.69) is 25.7 Å². The van der Waals surface area contributed by atoms with Gasteiger partial charge in [0, 0.05) is 6.54 Å². The van der Waals surface area contributed by atoms with Gasteiger partial charge in [0.2, 0.25) is 0 Å². The van der Waals surface area contributed by atoms with E-state index in [-0.39, 0.29) is 0 Å². The molecule has 1 heterocycles. The van der Waals surface area contributed by atoms with Gasteiger partial charge in [0.1, 0.15) is 0 Å². The highest BCUT2D eigenvalue weighted by atomic mass is 15.1. The molecule has 1 heteroatoms. The maximum atomic E-state index is 2.63. The molecule has 0 aromatic heterocycles. The van der Waals surface area contributed by atoms with Crippen molar-refractivity contribution in [2.24, 2.45) is 11.8 Å². The second-order valence-corrected chi connectivity index (χ2v) is 4.45. The van der Waals surface area contributed by atoms with Crippen LogP contribution in [0.15, 0.2) is 0 Å². The van der Waals surface area contributed by atoms with Gasteiger partial charge < -0.3 is 4.90 Å². The zero-order chi connectivity index (χ0) is 11.0. The summed E-state index contributed by atoms with van der Waals surface area (Å²) in [5.41, 5.74) is 0. The van der Waals surface area contributed by atoms with E-state index in [4.69, 9.17) is 0 Å². The third-order valence-corrected chi connectivity index (χ3v) is 3.02. The molecule has 1 fully saturated rings. The topological polar surface area (TPSA) is 3.24 Å². The highest BCUT2D eigenvalue weighted by Crippen LogP contribution is 2.23. The molecule has 0 bridgehead atoms. The lowest BCUT2D eigenvalue weighted by Crippen LogP contribution is -2.37. The van der Waals surface area contributed by atoms with Crippen molar-refractivity contribution in [3.63, 3.8) is 0 Å². The van der Waals surface area contributed by atoms with Crippen molar-refractivity contribution >= 4 is 0 Å². The van der Waals surface area contributed by atoms with Gasteiger partial charge in [-0.05, 0) is 44.2 Å². The monoisotopic (exact) mass is 199 g/mol. The van der Waals surface area contributed by atoms with E-state index in [1.54, 1.807) is 0 Å². The highest BCUT2D eigenvalue weighted by molar-refractivity contribution is 4.74. The van der Waals surface area contributed by atoms with Gasteiger partial charge in [0.25, 0.3) is 0 Å². The SMILES string of the molecule is CC.CCCN1CCCC(C(C)C)C1. The Labute approximate surface area is 90.9 Å². The fraction of sp³-hybridized carbons (Fsp3) is 1.00. The molecule has 1 aliphatic heterocycles. The molecule has 0 saturated carbocycles. The quantitative estimate of drug-likeness (QED) is 0.668. The molecule has 86 valence electrons. The third kappa shape index (κ3) is 4.99. The van der Waals surface area contributed by atoms with E-state index < -0.39 is 0 Å². The lowest BCUT2D eigenvalue weighted by molar-refractivity contribution is 0.146. The molecule has 1 nitrogen and oxygen atoms in total. The van der Waals surface area contributed by atoms with Gasteiger partial charge in [-0.15, -0.1) is 0 Å². The number of hydrogen-bond acceptors (Lipinski definition) is 1. The maximum absolute atomic E-state index is 2.63. The second kappa shape index (κ2) is 8.28. The normalized spacial score (nSPS) is 23.1. The Hall–Kier alpha value is -0.0400. The Morgan fingerprint density at radius 2 is 1.93 bits per heavy atom. The Morgan fingerprint density at radius 1 is 1.29 bits per heavy atom. The molecule has 0 spiro atoms. The van der Waals surface area contributed by atoms with Crippen LogP contribution < -0.4 is 0 Å². The zero-order valence-electron chi connectivity index (χ0n) is 10.8. The smallest absolute Gasteiger partial charge is 0.00121 e. The Morgan fingerprint density at radius 3 is 2.43 bits per heavy atom. The van der Waals surface area contributed by atoms with E-state index in [9.17, 15) is 0 Å². The number of rotatable bonds is 3. The summed E-state index contributed by atoms with van der Waals surface area (Å²) in [5, 5.41) is 0. The number of hydrogen-bond donors (Lipinski definition) is 0. The maximum Gasteiger partial charge on any atom is 0.00121 e. The standard InChI is InChI=1S/C11H23N.C2H6/c1-4-7-12-8-5-6-11(9-12)10(2)3;1-2/h10-11H,4-9H2,1-3H3;1-2H3. The van der Waals surface area contributed by atoms with Crippen molar-refractivity contribution in [1.29, 1.82) is 0 Å². The van der Waals surface area contributed by atoms with E-state index in [1.165, 1.54) is 38.9 Å². The van der Waals surface area contributed by atoms with Crippen molar-refractivity contribution < 1.29 is 0 Å². The largest absolute Gasteiger partial charge is 0.303 e. The third-order valence-electron chi connectivity index (χ3n) is 3.02. The summed E-state index contributed by atoms with van der Waals surface area (Å²) in [6.45, 7) is 15.0. The second-order valence-electron chi connectivity index (χ2n) is 4.45. The van der Waals surface area contributed by atoms with Crippen LogP contribution in [0.25, 0.3) is 0 Å². The van der Waals surface area contributed by atoms with Gasteiger partial charge in [0.15, 0.2) is 0 Å². The van der Waals surface area contributed by atoms with Crippen LogP contribution in [0, 0.1) is 11.8 Å². The molecule has 0 aliphatic carbocycles. The molecule has 0 radical (unpaired) electrons. The molecular weight excluding hydrogens is 170 g/mol. The first kappa shape index (κ1) is 14.0. The summed E-state index contributed by atoms with van der Waals surface area (Å²) < 4.78 is 0. The molecule has 14 heavy (non-hydrogen) atoms. The van der Waals surface area contributed by atoms with Crippen molar-refractivity contribution in [2.45, 2.75) is 53.9 Å². The molecule has 1 unspecified atom stereocenters. The predicted molar refractivity (Wildman–Crippen MR) is 65.6 cm³/mol. The Kier molecular flexibility index (Phi) is 8.26.